The second-order valence-corrected chi connectivity index (χ2v) is 14.6. The number of hydrogen-bond acceptors (Lipinski definition) is 5. The second-order valence-electron chi connectivity index (χ2n) is 14.6. The van der Waals surface area contributed by atoms with Crippen LogP contribution in [-0.2, 0) is 39.3 Å². The van der Waals surface area contributed by atoms with E-state index >= 15 is 0 Å². The summed E-state index contributed by atoms with van der Waals surface area (Å²) in [4.78, 5) is 10.4. The van der Waals surface area contributed by atoms with E-state index in [0.29, 0.717) is 0 Å². The SMILES string of the molecule is c1ccc(CN(CCNCCN(CCN(Cc2ccccc2)Cc2ccccc2)Cc2ccccc2)CCN(Cc2ccccc2)Cc2ccccc2)cc1. The average molecular weight is 730 g/mol. The van der Waals surface area contributed by atoms with Gasteiger partial charge in [0.15, 0.2) is 0 Å². The molecule has 0 saturated carbocycles. The normalized spacial score (nSPS) is 11.6. The molecule has 0 bridgehead atoms. The first-order valence-electron chi connectivity index (χ1n) is 20.1. The molecule has 0 amide bonds. The Morgan fingerprint density at radius 3 is 0.673 bits per heavy atom. The molecule has 0 heterocycles. The van der Waals surface area contributed by atoms with Gasteiger partial charge in [-0.2, -0.15) is 0 Å². The van der Waals surface area contributed by atoms with Gasteiger partial charge in [0.25, 0.3) is 0 Å². The van der Waals surface area contributed by atoms with E-state index in [1.807, 2.05) is 0 Å². The van der Waals surface area contributed by atoms with Gasteiger partial charge in [-0.1, -0.05) is 182 Å². The molecular formula is C50H59N5. The molecule has 0 radical (unpaired) electrons. The van der Waals surface area contributed by atoms with Crippen LogP contribution in [-0.4, -0.2) is 72.0 Å². The Kier molecular flexibility index (Phi) is 16.7. The van der Waals surface area contributed by atoms with Crippen LogP contribution in [0.25, 0.3) is 0 Å². The van der Waals surface area contributed by atoms with Gasteiger partial charge in [-0.15, -0.1) is 0 Å². The first kappa shape index (κ1) is 39.8. The van der Waals surface area contributed by atoms with Crippen molar-refractivity contribution in [3.05, 3.63) is 215 Å². The fourth-order valence-electron chi connectivity index (χ4n) is 7.18. The molecule has 0 aromatic heterocycles. The van der Waals surface area contributed by atoms with Crippen molar-refractivity contribution in [2.24, 2.45) is 0 Å². The van der Waals surface area contributed by atoms with Crippen molar-refractivity contribution in [3.8, 4) is 0 Å². The van der Waals surface area contributed by atoms with Gasteiger partial charge < -0.3 is 5.32 Å². The smallest absolute Gasteiger partial charge is 0.0237 e. The van der Waals surface area contributed by atoms with Gasteiger partial charge in [-0.25, -0.2) is 0 Å². The Morgan fingerprint density at radius 2 is 0.436 bits per heavy atom. The summed E-state index contributed by atoms with van der Waals surface area (Å²) in [5.41, 5.74) is 8.17. The lowest BCUT2D eigenvalue weighted by Crippen LogP contribution is -2.41. The molecule has 6 rings (SSSR count). The molecule has 0 aliphatic heterocycles. The number of nitrogens with zero attached hydrogens (tertiary/aromatic N) is 4. The number of hydrogen-bond donors (Lipinski definition) is 1. The van der Waals surface area contributed by atoms with Crippen LogP contribution in [0.5, 0.6) is 0 Å². The Morgan fingerprint density at radius 1 is 0.236 bits per heavy atom. The lowest BCUT2D eigenvalue weighted by molar-refractivity contribution is 0.181. The third kappa shape index (κ3) is 15.1. The zero-order valence-electron chi connectivity index (χ0n) is 32.5. The minimum Gasteiger partial charge on any atom is -0.314 e. The molecule has 6 aromatic rings. The molecule has 0 spiro atoms. The van der Waals surface area contributed by atoms with Crippen LogP contribution in [0, 0.1) is 0 Å². The van der Waals surface area contributed by atoms with Crippen molar-refractivity contribution in [1.29, 1.82) is 0 Å². The maximum absolute atomic E-state index is 3.84. The van der Waals surface area contributed by atoms with Crippen molar-refractivity contribution in [3.63, 3.8) is 0 Å². The van der Waals surface area contributed by atoms with Gasteiger partial charge in [0, 0.05) is 91.6 Å². The van der Waals surface area contributed by atoms with Crippen LogP contribution in [0.2, 0.25) is 0 Å². The van der Waals surface area contributed by atoms with Crippen LogP contribution in [0.3, 0.4) is 0 Å². The third-order valence-electron chi connectivity index (χ3n) is 10.2. The van der Waals surface area contributed by atoms with Crippen LogP contribution in [0.1, 0.15) is 33.4 Å². The highest BCUT2D eigenvalue weighted by Gasteiger charge is 2.14. The quantitative estimate of drug-likeness (QED) is 0.0628. The van der Waals surface area contributed by atoms with Gasteiger partial charge >= 0.3 is 0 Å². The number of rotatable bonds is 24. The molecule has 0 fully saturated rings. The lowest BCUT2D eigenvalue weighted by Gasteiger charge is -2.29. The summed E-state index contributed by atoms with van der Waals surface area (Å²) >= 11 is 0. The van der Waals surface area contributed by atoms with E-state index in [1.54, 1.807) is 0 Å². The van der Waals surface area contributed by atoms with E-state index in [0.717, 1.165) is 91.6 Å². The summed E-state index contributed by atoms with van der Waals surface area (Å²) in [5, 5.41) is 3.84. The van der Waals surface area contributed by atoms with Crippen LogP contribution in [0.15, 0.2) is 182 Å². The highest BCUT2D eigenvalue weighted by Crippen LogP contribution is 2.14. The first-order chi connectivity index (χ1) is 27.2. The molecule has 284 valence electrons. The third-order valence-corrected chi connectivity index (χ3v) is 10.2. The summed E-state index contributed by atoms with van der Waals surface area (Å²) < 4.78 is 0. The molecule has 5 heteroatoms. The predicted molar refractivity (Wildman–Crippen MR) is 230 cm³/mol. The monoisotopic (exact) mass is 729 g/mol. The van der Waals surface area contributed by atoms with Crippen LogP contribution in [0.4, 0.5) is 0 Å². The fraction of sp³-hybridized carbons (Fsp3) is 0.280. The molecule has 1 N–H and O–H groups in total. The highest BCUT2D eigenvalue weighted by molar-refractivity contribution is 5.19. The summed E-state index contributed by atoms with van der Waals surface area (Å²) in [6.45, 7) is 13.6. The van der Waals surface area contributed by atoms with E-state index in [-0.39, 0.29) is 0 Å². The van der Waals surface area contributed by atoms with Crippen LogP contribution >= 0.6 is 0 Å². The second kappa shape index (κ2) is 23.1. The standard InChI is InChI=1S/C50H59N5/c1-7-19-45(20-8-1)39-52(35-37-54(41-47-23-11-3-12-24-47)42-48-25-13-4-14-26-48)33-31-51-32-34-53(40-46-21-9-2-10-22-46)36-38-55(43-49-27-15-5-16-28-49)44-50-29-17-6-18-30-50/h1-30,51H,31-44H2. The molecule has 0 unspecified atom stereocenters. The molecule has 0 atom stereocenters. The predicted octanol–water partition coefficient (Wildman–Crippen LogP) is 8.99. The number of nitrogens with one attached hydrogen (secondary N) is 1. The van der Waals surface area contributed by atoms with Gasteiger partial charge in [0.2, 0.25) is 0 Å². The van der Waals surface area contributed by atoms with Crippen LogP contribution < -0.4 is 5.32 Å². The number of benzene rings is 6. The summed E-state index contributed by atoms with van der Waals surface area (Å²) in [5.74, 6) is 0. The Labute approximate surface area is 330 Å². The van der Waals surface area contributed by atoms with Gasteiger partial charge in [0.05, 0.1) is 0 Å². The van der Waals surface area contributed by atoms with E-state index in [4.69, 9.17) is 0 Å². The molecule has 5 nitrogen and oxygen atoms in total. The molecule has 6 aromatic carbocycles. The molecule has 0 aliphatic carbocycles. The maximum Gasteiger partial charge on any atom is 0.0237 e. The molecular weight excluding hydrogens is 671 g/mol. The zero-order chi connectivity index (χ0) is 37.6. The molecule has 0 aliphatic rings. The minimum absolute atomic E-state index is 0.943. The lowest BCUT2D eigenvalue weighted by atomic mass is 10.1. The van der Waals surface area contributed by atoms with Crippen molar-refractivity contribution in [2.75, 3.05) is 52.4 Å². The van der Waals surface area contributed by atoms with Gasteiger partial charge in [-0.3, -0.25) is 19.6 Å². The Bertz CT molecular complexity index is 1620. The maximum atomic E-state index is 3.84. The van der Waals surface area contributed by atoms with Crippen molar-refractivity contribution in [2.45, 2.75) is 39.3 Å². The first-order valence-corrected chi connectivity index (χ1v) is 20.1. The van der Waals surface area contributed by atoms with Crippen molar-refractivity contribution >= 4 is 0 Å². The van der Waals surface area contributed by atoms with Crippen molar-refractivity contribution < 1.29 is 0 Å². The van der Waals surface area contributed by atoms with E-state index < -0.39 is 0 Å². The topological polar surface area (TPSA) is 25.0 Å². The largest absolute Gasteiger partial charge is 0.314 e. The summed E-state index contributed by atoms with van der Waals surface area (Å²) in [7, 11) is 0. The Hall–Kier alpha value is -4.88. The summed E-state index contributed by atoms with van der Waals surface area (Å²) in [6, 6.07) is 65.4. The van der Waals surface area contributed by atoms with E-state index in [9.17, 15) is 0 Å². The van der Waals surface area contributed by atoms with Gasteiger partial charge in [0.1, 0.15) is 0 Å². The van der Waals surface area contributed by atoms with Gasteiger partial charge in [-0.05, 0) is 33.4 Å². The van der Waals surface area contributed by atoms with E-state index in [1.165, 1.54) is 33.4 Å². The zero-order valence-corrected chi connectivity index (χ0v) is 32.5. The Balaban J connectivity index is 1.05. The van der Waals surface area contributed by atoms with E-state index in [2.05, 4.69) is 207 Å². The minimum atomic E-state index is 0.943. The summed E-state index contributed by atoms with van der Waals surface area (Å²) in [6.07, 6.45) is 0. The fourth-order valence-corrected chi connectivity index (χ4v) is 7.18. The van der Waals surface area contributed by atoms with Crippen molar-refractivity contribution in [1.82, 2.24) is 24.9 Å². The molecule has 0 saturated heterocycles. The average Bonchev–Trinajstić information content (AvgIpc) is 3.23. The highest BCUT2D eigenvalue weighted by atomic mass is 15.2. The molecule has 55 heavy (non-hydrogen) atoms.